The molecule has 0 saturated carbocycles. The fraction of sp³-hybridized carbons (Fsp3) is 0.269. The van der Waals surface area contributed by atoms with E-state index in [-0.39, 0.29) is 19.0 Å². The van der Waals surface area contributed by atoms with Gasteiger partial charge in [-0.3, -0.25) is 9.36 Å². The van der Waals surface area contributed by atoms with Crippen molar-refractivity contribution < 1.29 is 19.0 Å². The van der Waals surface area contributed by atoms with Crippen molar-refractivity contribution >= 4 is 35.1 Å². The molecule has 1 aromatic heterocycles. The third-order valence-electron chi connectivity index (χ3n) is 6.00. The normalized spacial score (nSPS) is 16.8. The first-order valence-electron chi connectivity index (χ1n) is 11.1. The highest BCUT2D eigenvalue weighted by Crippen LogP contribution is 2.35. The Hall–Kier alpha value is -3.30. The molecule has 35 heavy (non-hydrogen) atoms. The number of aromatic nitrogens is 1. The van der Waals surface area contributed by atoms with Gasteiger partial charge in [-0.15, -0.1) is 11.8 Å². The molecule has 3 heterocycles. The smallest absolute Gasteiger partial charge is 0.338 e. The van der Waals surface area contributed by atoms with Gasteiger partial charge in [-0.1, -0.05) is 23.5 Å². The number of fused-ring (bicyclic) bond motifs is 2. The zero-order chi connectivity index (χ0) is 24.7. The Labute approximate surface area is 210 Å². The highest BCUT2D eigenvalue weighted by atomic mass is 32.2. The molecule has 0 N–H and O–H groups in total. The average Bonchev–Trinajstić information content (AvgIpc) is 3.42. The molecular formula is C26H24N2O5S2. The highest BCUT2D eigenvalue weighted by Gasteiger charge is 2.33. The summed E-state index contributed by atoms with van der Waals surface area (Å²) >= 11 is 2.93. The molecular weight excluding hydrogens is 484 g/mol. The average molecular weight is 509 g/mol. The number of esters is 1. The minimum atomic E-state index is -0.624. The summed E-state index contributed by atoms with van der Waals surface area (Å²) < 4.78 is 18.5. The second-order valence-electron chi connectivity index (χ2n) is 8.14. The Kier molecular flexibility index (Phi) is 6.29. The van der Waals surface area contributed by atoms with Crippen LogP contribution in [0.4, 0.5) is 0 Å². The van der Waals surface area contributed by atoms with Gasteiger partial charge in [-0.05, 0) is 74.1 Å². The number of thiazole rings is 1. The predicted molar refractivity (Wildman–Crippen MR) is 136 cm³/mol. The number of hydrogen-bond acceptors (Lipinski definition) is 8. The van der Waals surface area contributed by atoms with Crippen molar-refractivity contribution in [3.8, 4) is 11.5 Å². The lowest BCUT2D eigenvalue weighted by Gasteiger charge is -2.24. The van der Waals surface area contributed by atoms with Crippen molar-refractivity contribution in [3.63, 3.8) is 0 Å². The van der Waals surface area contributed by atoms with E-state index in [0.29, 0.717) is 32.1 Å². The van der Waals surface area contributed by atoms with Crippen LogP contribution in [0.3, 0.4) is 0 Å². The van der Waals surface area contributed by atoms with Gasteiger partial charge in [0.15, 0.2) is 16.3 Å². The molecule has 2 aromatic carbocycles. The third-order valence-corrected chi connectivity index (χ3v) is 7.72. The summed E-state index contributed by atoms with van der Waals surface area (Å²) in [4.78, 5) is 33.0. The first-order chi connectivity index (χ1) is 16.9. The summed E-state index contributed by atoms with van der Waals surface area (Å²) in [5.74, 6) is 0.889. The number of allylic oxidation sites excluding steroid dienone is 1. The van der Waals surface area contributed by atoms with Crippen molar-refractivity contribution in [2.75, 3.05) is 19.7 Å². The molecule has 7 nitrogen and oxygen atoms in total. The van der Waals surface area contributed by atoms with Gasteiger partial charge in [0, 0.05) is 4.90 Å². The van der Waals surface area contributed by atoms with E-state index in [2.05, 4.69) is 4.99 Å². The van der Waals surface area contributed by atoms with Gasteiger partial charge in [0.05, 0.1) is 28.5 Å². The van der Waals surface area contributed by atoms with Gasteiger partial charge in [-0.2, -0.15) is 0 Å². The minimum Gasteiger partial charge on any atom is -0.463 e. The Morgan fingerprint density at radius 2 is 1.94 bits per heavy atom. The predicted octanol–water partition coefficient (Wildman–Crippen LogP) is 3.56. The van der Waals surface area contributed by atoms with Crippen LogP contribution in [0.15, 0.2) is 62.4 Å². The van der Waals surface area contributed by atoms with Crippen molar-refractivity contribution in [1.82, 2.24) is 4.57 Å². The second kappa shape index (κ2) is 9.39. The number of carbonyl (C=O) groups excluding carboxylic acids is 1. The van der Waals surface area contributed by atoms with Crippen molar-refractivity contribution in [3.05, 3.63) is 84.0 Å². The number of thioether (sulfide) groups is 1. The largest absolute Gasteiger partial charge is 0.463 e. The van der Waals surface area contributed by atoms with Crippen LogP contribution in [0.1, 0.15) is 36.6 Å². The van der Waals surface area contributed by atoms with Gasteiger partial charge >= 0.3 is 5.97 Å². The summed E-state index contributed by atoms with van der Waals surface area (Å²) in [5, 5.41) is 0. The summed E-state index contributed by atoms with van der Waals surface area (Å²) in [5.41, 5.74) is 3.37. The summed E-state index contributed by atoms with van der Waals surface area (Å²) in [6.45, 7) is 5.94. The fourth-order valence-corrected chi connectivity index (χ4v) is 5.69. The molecule has 0 amide bonds. The van der Waals surface area contributed by atoms with Gasteiger partial charge in [0.1, 0.15) is 0 Å². The molecule has 0 aliphatic carbocycles. The lowest BCUT2D eigenvalue weighted by atomic mass is 9.96. The number of carbonyl (C=O) groups is 1. The number of hydrogen-bond donors (Lipinski definition) is 0. The molecule has 180 valence electrons. The Balaban J connectivity index is 1.70. The molecule has 0 fully saturated rings. The zero-order valence-electron chi connectivity index (χ0n) is 19.8. The van der Waals surface area contributed by atoms with Gasteiger partial charge in [0.25, 0.3) is 5.56 Å². The first kappa shape index (κ1) is 23.4. The standard InChI is InChI=1S/C26H24N2O5S2/c1-5-31-25(30)22-15(3)27-26-28(23(22)16-6-8-18(34-4)9-7-16)24(29)21(35-26)12-17-11-20-19(10-14(17)2)32-13-33-20/h6-12,23H,5,13H2,1-4H3/b21-12-/t23-/m1/s1. The van der Waals surface area contributed by atoms with Crippen LogP contribution in [0.25, 0.3) is 6.08 Å². The molecule has 0 radical (unpaired) electrons. The molecule has 2 aliphatic rings. The second-order valence-corrected chi connectivity index (χ2v) is 10.0. The van der Waals surface area contributed by atoms with E-state index in [1.807, 2.05) is 55.7 Å². The monoisotopic (exact) mass is 508 g/mol. The van der Waals surface area contributed by atoms with Crippen LogP contribution < -0.4 is 24.4 Å². The molecule has 0 spiro atoms. The lowest BCUT2D eigenvalue weighted by molar-refractivity contribution is -0.139. The minimum absolute atomic E-state index is 0.186. The van der Waals surface area contributed by atoms with Gasteiger partial charge in [0.2, 0.25) is 6.79 Å². The maximum absolute atomic E-state index is 13.7. The maximum Gasteiger partial charge on any atom is 0.338 e. The molecule has 1 atom stereocenters. The van der Waals surface area contributed by atoms with Crippen LogP contribution in [0.2, 0.25) is 0 Å². The first-order valence-corrected chi connectivity index (χ1v) is 13.2. The molecule has 3 aromatic rings. The number of benzene rings is 2. The Bertz CT molecular complexity index is 1530. The van der Waals surface area contributed by atoms with Crippen LogP contribution in [0, 0.1) is 6.92 Å². The van der Waals surface area contributed by atoms with E-state index >= 15 is 0 Å². The lowest BCUT2D eigenvalue weighted by Crippen LogP contribution is -2.39. The SMILES string of the molecule is CCOC(=O)C1=C(C)N=c2s/c(=C\c3cc4c(cc3C)OCO4)c(=O)n2[C@@H]1c1ccc(SC)cc1. The number of nitrogens with zero attached hydrogens (tertiary/aromatic N) is 2. The summed E-state index contributed by atoms with van der Waals surface area (Å²) in [6.07, 6.45) is 3.85. The van der Waals surface area contributed by atoms with Gasteiger partial charge < -0.3 is 14.2 Å². The Morgan fingerprint density at radius 1 is 1.23 bits per heavy atom. The van der Waals surface area contributed by atoms with Crippen LogP contribution in [-0.4, -0.2) is 30.2 Å². The fourth-order valence-electron chi connectivity index (χ4n) is 4.25. The quantitative estimate of drug-likeness (QED) is 0.387. The van der Waals surface area contributed by atoms with Crippen LogP contribution in [-0.2, 0) is 9.53 Å². The van der Waals surface area contributed by atoms with E-state index < -0.39 is 12.0 Å². The topological polar surface area (TPSA) is 79.1 Å². The maximum atomic E-state index is 13.7. The molecule has 0 bridgehead atoms. The van der Waals surface area contributed by atoms with Crippen molar-refractivity contribution in [2.45, 2.75) is 31.7 Å². The molecule has 9 heteroatoms. The van der Waals surface area contributed by atoms with E-state index in [1.54, 1.807) is 30.2 Å². The molecule has 5 rings (SSSR count). The molecule has 0 saturated heterocycles. The van der Waals surface area contributed by atoms with Crippen LogP contribution >= 0.6 is 23.1 Å². The summed E-state index contributed by atoms with van der Waals surface area (Å²) in [7, 11) is 0. The number of aryl methyl sites for hydroxylation is 1. The zero-order valence-corrected chi connectivity index (χ0v) is 21.4. The van der Waals surface area contributed by atoms with Crippen molar-refractivity contribution in [2.24, 2.45) is 4.99 Å². The number of ether oxygens (including phenoxy) is 3. The van der Waals surface area contributed by atoms with E-state index in [4.69, 9.17) is 14.2 Å². The van der Waals surface area contributed by atoms with Gasteiger partial charge in [-0.25, -0.2) is 9.79 Å². The van der Waals surface area contributed by atoms with E-state index in [1.165, 1.54) is 11.3 Å². The Morgan fingerprint density at radius 3 is 2.63 bits per heavy atom. The summed E-state index contributed by atoms with van der Waals surface area (Å²) in [6, 6.07) is 11.0. The molecule has 0 unspecified atom stereocenters. The van der Waals surface area contributed by atoms with Crippen molar-refractivity contribution in [1.29, 1.82) is 0 Å². The van der Waals surface area contributed by atoms with E-state index in [9.17, 15) is 9.59 Å². The highest BCUT2D eigenvalue weighted by molar-refractivity contribution is 7.98. The molecule has 2 aliphatic heterocycles. The van der Waals surface area contributed by atoms with Crippen LogP contribution in [0.5, 0.6) is 11.5 Å². The third kappa shape index (κ3) is 4.19. The number of rotatable bonds is 5. The van der Waals surface area contributed by atoms with E-state index in [0.717, 1.165) is 21.6 Å².